The monoisotopic (exact) mass is 278 g/mol. The lowest BCUT2D eigenvalue weighted by Crippen LogP contribution is -2.35. The Morgan fingerprint density at radius 1 is 1.20 bits per heavy atom. The van der Waals surface area contributed by atoms with E-state index in [1.165, 1.54) is 5.56 Å². The van der Waals surface area contributed by atoms with E-state index in [1.54, 1.807) is 0 Å². The molecule has 2 atom stereocenters. The fourth-order valence-corrected chi connectivity index (χ4v) is 2.54. The van der Waals surface area contributed by atoms with Gasteiger partial charge in [-0.15, -0.1) is 0 Å². The highest BCUT2D eigenvalue weighted by atomic mass is 16.5. The van der Waals surface area contributed by atoms with Gasteiger partial charge in [0.15, 0.2) is 0 Å². The molecule has 20 heavy (non-hydrogen) atoms. The molecule has 0 heterocycles. The van der Waals surface area contributed by atoms with E-state index >= 15 is 0 Å². The molecule has 0 amide bonds. The van der Waals surface area contributed by atoms with Crippen LogP contribution >= 0.6 is 0 Å². The fraction of sp³-hybridized carbons (Fsp3) is 0.667. The third-order valence-corrected chi connectivity index (χ3v) is 3.42. The van der Waals surface area contributed by atoms with Crippen LogP contribution < -0.4 is 0 Å². The van der Waals surface area contributed by atoms with Crippen molar-refractivity contribution >= 4 is 0 Å². The third-order valence-electron chi connectivity index (χ3n) is 3.42. The van der Waals surface area contributed by atoms with E-state index in [1.807, 2.05) is 19.1 Å². The van der Waals surface area contributed by atoms with Gasteiger partial charge in [0.2, 0.25) is 0 Å². The standard InChI is InChI=1S/C18H30O2/c1-7-20-17(18(4,5)6)16(19)15-10-8-9-14(12-15)11-13(2)3/h8-10,12-13,16-17,19H,7,11H2,1-6H3. The Labute approximate surface area is 124 Å². The van der Waals surface area contributed by atoms with Gasteiger partial charge >= 0.3 is 0 Å². The van der Waals surface area contributed by atoms with Crippen LogP contribution in [-0.2, 0) is 11.2 Å². The summed E-state index contributed by atoms with van der Waals surface area (Å²) in [6.45, 7) is 13.3. The van der Waals surface area contributed by atoms with Crippen LogP contribution in [0.4, 0.5) is 0 Å². The van der Waals surface area contributed by atoms with Gasteiger partial charge in [-0.05, 0) is 35.8 Å². The number of hydrogen-bond acceptors (Lipinski definition) is 2. The molecule has 0 spiro atoms. The smallest absolute Gasteiger partial charge is 0.106 e. The summed E-state index contributed by atoms with van der Waals surface area (Å²) >= 11 is 0. The fourth-order valence-electron chi connectivity index (χ4n) is 2.54. The van der Waals surface area contributed by atoms with E-state index in [9.17, 15) is 5.11 Å². The molecule has 0 aliphatic rings. The molecule has 0 aliphatic carbocycles. The maximum Gasteiger partial charge on any atom is 0.106 e. The molecule has 2 heteroatoms. The first-order valence-corrected chi connectivity index (χ1v) is 7.64. The number of benzene rings is 1. The summed E-state index contributed by atoms with van der Waals surface area (Å²) < 4.78 is 5.79. The van der Waals surface area contributed by atoms with Gasteiger partial charge in [-0.3, -0.25) is 0 Å². The summed E-state index contributed by atoms with van der Waals surface area (Å²) in [6, 6.07) is 8.26. The Balaban J connectivity index is 2.96. The SMILES string of the molecule is CCOC(C(O)c1cccc(CC(C)C)c1)C(C)(C)C. The largest absolute Gasteiger partial charge is 0.386 e. The average molecular weight is 278 g/mol. The zero-order valence-corrected chi connectivity index (χ0v) is 13.8. The van der Waals surface area contributed by atoms with E-state index in [0.29, 0.717) is 12.5 Å². The topological polar surface area (TPSA) is 29.5 Å². The normalized spacial score (nSPS) is 15.4. The Morgan fingerprint density at radius 3 is 2.35 bits per heavy atom. The van der Waals surface area contributed by atoms with E-state index in [2.05, 4.69) is 46.8 Å². The van der Waals surface area contributed by atoms with Crippen LogP contribution in [0.2, 0.25) is 0 Å². The third kappa shape index (κ3) is 4.92. The molecule has 1 aromatic rings. The van der Waals surface area contributed by atoms with Gasteiger partial charge in [0, 0.05) is 6.61 Å². The first-order chi connectivity index (χ1) is 9.25. The van der Waals surface area contributed by atoms with Crippen molar-refractivity contribution in [2.75, 3.05) is 6.61 Å². The summed E-state index contributed by atoms with van der Waals surface area (Å²) in [5.74, 6) is 0.618. The van der Waals surface area contributed by atoms with Gasteiger partial charge in [-0.25, -0.2) is 0 Å². The Kier molecular flexibility index (Phi) is 6.22. The van der Waals surface area contributed by atoms with E-state index in [4.69, 9.17) is 4.74 Å². The average Bonchev–Trinajstić information content (AvgIpc) is 2.33. The highest BCUT2D eigenvalue weighted by Gasteiger charge is 2.32. The van der Waals surface area contributed by atoms with E-state index < -0.39 is 6.10 Å². The van der Waals surface area contributed by atoms with Crippen molar-refractivity contribution in [1.29, 1.82) is 0 Å². The van der Waals surface area contributed by atoms with Crippen molar-refractivity contribution in [2.45, 2.75) is 60.2 Å². The van der Waals surface area contributed by atoms with Crippen LogP contribution in [0.5, 0.6) is 0 Å². The minimum Gasteiger partial charge on any atom is -0.386 e. The van der Waals surface area contributed by atoms with Crippen LogP contribution in [0, 0.1) is 11.3 Å². The van der Waals surface area contributed by atoms with Crippen molar-refractivity contribution in [1.82, 2.24) is 0 Å². The summed E-state index contributed by atoms with van der Waals surface area (Å²) in [7, 11) is 0. The molecular weight excluding hydrogens is 248 g/mol. The van der Waals surface area contributed by atoms with Crippen molar-refractivity contribution < 1.29 is 9.84 Å². The Morgan fingerprint density at radius 2 is 1.85 bits per heavy atom. The predicted octanol–water partition coefficient (Wildman–Crippen LogP) is 4.37. The summed E-state index contributed by atoms with van der Waals surface area (Å²) in [6.07, 6.45) is 0.263. The second-order valence-corrected chi connectivity index (χ2v) is 7.03. The highest BCUT2D eigenvalue weighted by molar-refractivity contribution is 5.26. The number of rotatable bonds is 6. The highest BCUT2D eigenvalue weighted by Crippen LogP contribution is 2.33. The lowest BCUT2D eigenvalue weighted by atomic mass is 9.83. The van der Waals surface area contributed by atoms with Crippen LogP contribution in [0.15, 0.2) is 24.3 Å². The minimum atomic E-state index is -0.581. The zero-order valence-electron chi connectivity index (χ0n) is 13.8. The molecule has 1 rings (SSSR count). The van der Waals surface area contributed by atoms with Gasteiger partial charge in [0.05, 0.1) is 6.10 Å². The lowest BCUT2D eigenvalue weighted by molar-refractivity contribution is -0.0899. The van der Waals surface area contributed by atoms with Gasteiger partial charge in [-0.1, -0.05) is 58.9 Å². The molecule has 0 saturated carbocycles. The predicted molar refractivity (Wildman–Crippen MR) is 84.8 cm³/mol. The second-order valence-electron chi connectivity index (χ2n) is 7.03. The maximum atomic E-state index is 10.7. The zero-order chi connectivity index (χ0) is 15.3. The molecular formula is C18H30O2. The molecule has 0 radical (unpaired) electrons. The van der Waals surface area contributed by atoms with Gasteiger partial charge in [0.1, 0.15) is 6.10 Å². The molecule has 2 unspecified atom stereocenters. The molecule has 114 valence electrons. The van der Waals surface area contributed by atoms with E-state index in [-0.39, 0.29) is 11.5 Å². The molecule has 0 aromatic heterocycles. The van der Waals surface area contributed by atoms with Crippen LogP contribution in [0.1, 0.15) is 58.8 Å². The first kappa shape index (κ1) is 17.2. The number of aliphatic hydroxyl groups is 1. The van der Waals surface area contributed by atoms with Crippen LogP contribution in [-0.4, -0.2) is 17.8 Å². The Hall–Kier alpha value is -0.860. The van der Waals surface area contributed by atoms with Crippen LogP contribution in [0.25, 0.3) is 0 Å². The van der Waals surface area contributed by atoms with Crippen molar-refractivity contribution in [3.8, 4) is 0 Å². The minimum absolute atomic E-state index is 0.0938. The molecule has 0 aliphatic heterocycles. The van der Waals surface area contributed by atoms with Gasteiger partial charge < -0.3 is 9.84 Å². The molecule has 2 nitrogen and oxygen atoms in total. The lowest BCUT2D eigenvalue weighted by Gasteiger charge is -2.34. The molecule has 1 aromatic carbocycles. The molecule has 0 bridgehead atoms. The van der Waals surface area contributed by atoms with Gasteiger partial charge in [-0.2, -0.15) is 0 Å². The molecule has 0 saturated heterocycles. The van der Waals surface area contributed by atoms with Crippen molar-refractivity contribution in [3.05, 3.63) is 35.4 Å². The number of aliphatic hydroxyl groups excluding tert-OH is 1. The van der Waals surface area contributed by atoms with Gasteiger partial charge in [0.25, 0.3) is 0 Å². The summed E-state index contributed by atoms with van der Waals surface area (Å²) in [4.78, 5) is 0. The van der Waals surface area contributed by atoms with E-state index in [0.717, 1.165) is 12.0 Å². The first-order valence-electron chi connectivity index (χ1n) is 7.64. The quantitative estimate of drug-likeness (QED) is 0.837. The summed E-state index contributed by atoms with van der Waals surface area (Å²) in [5, 5.41) is 10.7. The van der Waals surface area contributed by atoms with Crippen molar-refractivity contribution in [3.63, 3.8) is 0 Å². The Bertz CT molecular complexity index is 404. The maximum absolute atomic E-state index is 10.7. The number of ether oxygens (including phenoxy) is 1. The molecule has 0 fully saturated rings. The summed E-state index contributed by atoms with van der Waals surface area (Å²) in [5.41, 5.74) is 2.14. The van der Waals surface area contributed by atoms with Crippen molar-refractivity contribution in [2.24, 2.45) is 11.3 Å². The molecule has 1 N–H and O–H groups in total. The number of hydrogen-bond donors (Lipinski definition) is 1. The second kappa shape index (κ2) is 7.24. The van der Waals surface area contributed by atoms with Crippen LogP contribution in [0.3, 0.4) is 0 Å².